The molecule has 1 atom stereocenters. The van der Waals surface area contributed by atoms with Gasteiger partial charge in [0.2, 0.25) is 0 Å². The lowest BCUT2D eigenvalue weighted by Gasteiger charge is -2.22. The Balaban J connectivity index is 0.00000133. The van der Waals surface area contributed by atoms with Crippen LogP contribution in [0, 0.1) is 5.41 Å². The maximum absolute atomic E-state index is 4.45. The van der Waals surface area contributed by atoms with E-state index in [2.05, 4.69) is 34.2 Å². The van der Waals surface area contributed by atoms with Crippen LogP contribution in [0.2, 0.25) is 0 Å². The van der Waals surface area contributed by atoms with Crippen LogP contribution in [0.4, 0.5) is 5.13 Å². The molecule has 2 fully saturated rings. The number of rotatable bonds is 3. The molecule has 0 aliphatic carbocycles. The lowest BCUT2D eigenvalue weighted by atomic mass is 9.87. The van der Waals surface area contributed by atoms with Crippen molar-refractivity contribution < 1.29 is 0 Å². The quantitative estimate of drug-likeness (QED) is 0.923. The van der Waals surface area contributed by atoms with Gasteiger partial charge >= 0.3 is 0 Å². The van der Waals surface area contributed by atoms with Crippen molar-refractivity contribution in [3.63, 3.8) is 0 Å². The van der Waals surface area contributed by atoms with Crippen LogP contribution in [0.5, 0.6) is 0 Å². The third-order valence-electron chi connectivity index (χ3n) is 4.15. The summed E-state index contributed by atoms with van der Waals surface area (Å²) >= 11 is 1.82. The summed E-state index contributed by atoms with van der Waals surface area (Å²) in [6.07, 6.45) is 4.76. The first kappa shape index (κ1) is 15.0. The number of nitrogens with zero attached hydrogens (tertiary/aromatic N) is 3. The predicted octanol–water partition coefficient (Wildman–Crippen LogP) is 1.82. The Hall–Kier alpha value is -0.360. The van der Waals surface area contributed by atoms with E-state index in [1.807, 2.05) is 17.5 Å². The molecule has 0 bridgehead atoms. The van der Waals surface area contributed by atoms with Gasteiger partial charge in [-0.05, 0) is 31.3 Å². The van der Waals surface area contributed by atoms with Gasteiger partial charge in [0.25, 0.3) is 0 Å². The average molecular weight is 303 g/mol. The standard InChI is InChI=1S/C13H22N4S.ClH/c1-16(2)12-15-7-11(18-12)8-17-6-4-13(10-17)3-5-14-9-13;/h7,14H,3-6,8-10H2,1-2H3;1H. The largest absolute Gasteiger partial charge is 0.354 e. The number of thiazole rings is 1. The molecule has 2 aliphatic heterocycles. The number of hydrogen-bond acceptors (Lipinski definition) is 5. The van der Waals surface area contributed by atoms with Crippen LogP contribution >= 0.6 is 23.7 Å². The number of halogens is 1. The molecule has 1 spiro atoms. The van der Waals surface area contributed by atoms with Gasteiger partial charge < -0.3 is 10.2 Å². The van der Waals surface area contributed by atoms with Gasteiger partial charge in [-0.1, -0.05) is 0 Å². The van der Waals surface area contributed by atoms with Crippen molar-refractivity contribution in [2.45, 2.75) is 19.4 Å². The molecule has 1 aromatic heterocycles. The van der Waals surface area contributed by atoms with Crippen LogP contribution in [-0.2, 0) is 6.54 Å². The molecule has 4 nitrogen and oxygen atoms in total. The zero-order valence-electron chi connectivity index (χ0n) is 11.7. The molecule has 1 N–H and O–H groups in total. The first-order chi connectivity index (χ1) is 8.67. The van der Waals surface area contributed by atoms with Crippen molar-refractivity contribution in [1.29, 1.82) is 0 Å². The van der Waals surface area contributed by atoms with Crippen LogP contribution in [0.15, 0.2) is 6.20 Å². The van der Waals surface area contributed by atoms with E-state index in [1.54, 1.807) is 0 Å². The zero-order chi connectivity index (χ0) is 12.6. The SMILES string of the molecule is CN(C)c1ncc(CN2CCC3(CCNC3)C2)s1.Cl. The van der Waals surface area contributed by atoms with Crippen molar-refractivity contribution in [2.75, 3.05) is 45.2 Å². The van der Waals surface area contributed by atoms with Gasteiger partial charge in [-0.15, -0.1) is 23.7 Å². The van der Waals surface area contributed by atoms with E-state index >= 15 is 0 Å². The first-order valence-electron chi connectivity index (χ1n) is 6.72. The molecule has 3 rings (SSSR count). The molecule has 0 radical (unpaired) electrons. The third kappa shape index (κ3) is 3.21. The maximum Gasteiger partial charge on any atom is 0.185 e. The molecule has 0 amide bonds. The van der Waals surface area contributed by atoms with E-state index < -0.39 is 0 Å². The molecule has 0 aromatic carbocycles. The Kier molecular flexibility index (Phi) is 4.71. The van der Waals surface area contributed by atoms with Crippen LogP contribution in [-0.4, -0.2) is 50.2 Å². The number of anilines is 1. The summed E-state index contributed by atoms with van der Waals surface area (Å²) in [4.78, 5) is 10.5. The topological polar surface area (TPSA) is 31.4 Å². The molecule has 2 saturated heterocycles. The van der Waals surface area contributed by atoms with Crippen LogP contribution in [0.1, 0.15) is 17.7 Å². The summed E-state index contributed by atoms with van der Waals surface area (Å²) in [6.45, 7) is 6.01. The van der Waals surface area contributed by atoms with Crippen molar-refractivity contribution in [2.24, 2.45) is 5.41 Å². The normalized spacial score (nSPS) is 26.8. The zero-order valence-corrected chi connectivity index (χ0v) is 13.3. The van der Waals surface area contributed by atoms with Gasteiger partial charge in [-0.25, -0.2) is 4.98 Å². The molecule has 1 unspecified atom stereocenters. The van der Waals surface area contributed by atoms with Gasteiger partial charge in [0.1, 0.15) is 0 Å². The number of nitrogens with one attached hydrogen (secondary N) is 1. The highest BCUT2D eigenvalue weighted by Gasteiger charge is 2.40. The Morgan fingerprint density at radius 2 is 2.32 bits per heavy atom. The second-order valence-electron chi connectivity index (χ2n) is 5.89. The molecule has 19 heavy (non-hydrogen) atoms. The Morgan fingerprint density at radius 1 is 1.47 bits per heavy atom. The predicted molar refractivity (Wildman–Crippen MR) is 83.5 cm³/mol. The fourth-order valence-corrected chi connectivity index (χ4v) is 3.98. The molecule has 1 aromatic rings. The van der Waals surface area contributed by atoms with Gasteiger partial charge in [-0.3, -0.25) is 4.90 Å². The Bertz CT molecular complexity index is 415. The average Bonchev–Trinajstić information content (AvgIpc) is 3.03. The molecular formula is C13H23ClN4S. The van der Waals surface area contributed by atoms with Crippen molar-refractivity contribution in [3.8, 4) is 0 Å². The highest BCUT2D eigenvalue weighted by molar-refractivity contribution is 7.15. The monoisotopic (exact) mass is 302 g/mol. The van der Waals surface area contributed by atoms with E-state index in [-0.39, 0.29) is 12.4 Å². The Morgan fingerprint density at radius 3 is 2.95 bits per heavy atom. The van der Waals surface area contributed by atoms with Crippen LogP contribution in [0.25, 0.3) is 0 Å². The lowest BCUT2D eigenvalue weighted by Crippen LogP contribution is -2.28. The molecule has 3 heterocycles. The van der Waals surface area contributed by atoms with E-state index in [1.165, 1.54) is 43.9 Å². The van der Waals surface area contributed by atoms with Crippen molar-refractivity contribution in [3.05, 3.63) is 11.1 Å². The molecule has 0 saturated carbocycles. The highest BCUT2D eigenvalue weighted by atomic mass is 35.5. The van der Waals surface area contributed by atoms with Gasteiger partial charge in [0.05, 0.1) is 0 Å². The second-order valence-corrected chi connectivity index (χ2v) is 6.98. The molecular weight excluding hydrogens is 280 g/mol. The highest BCUT2D eigenvalue weighted by Crippen LogP contribution is 2.37. The Labute approximate surface area is 125 Å². The maximum atomic E-state index is 4.45. The summed E-state index contributed by atoms with van der Waals surface area (Å²) in [6, 6.07) is 0. The lowest BCUT2D eigenvalue weighted by molar-refractivity contribution is 0.270. The number of likely N-dealkylation sites (tertiary alicyclic amines) is 1. The van der Waals surface area contributed by atoms with Crippen molar-refractivity contribution in [1.82, 2.24) is 15.2 Å². The smallest absolute Gasteiger partial charge is 0.185 e. The minimum absolute atomic E-state index is 0. The molecule has 2 aliphatic rings. The summed E-state index contributed by atoms with van der Waals surface area (Å²) < 4.78 is 0. The minimum Gasteiger partial charge on any atom is -0.354 e. The first-order valence-corrected chi connectivity index (χ1v) is 7.54. The minimum atomic E-state index is 0. The van der Waals surface area contributed by atoms with E-state index in [0.29, 0.717) is 5.41 Å². The van der Waals surface area contributed by atoms with Crippen LogP contribution < -0.4 is 10.2 Å². The summed E-state index contributed by atoms with van der Waals surface area (Å²) in [5.41, 5.74) is 0.578. The van der Waals surface area contributed by atoms with E-state index in [0.717, 1.165) is 11.7 Å². The third-order valence-corrected chi connectivity index (χ3v) is 5.30. The summed E-state index contributed by atoms with van der Waals surface area (Å²) in [5, 5.41) is 4.63. The van der Waals surface area contributed by atoms with Crippen LogP contribution in [0.3, 0.4) is 0 Å². The molecule has 108 valence electrons. The number of aromatic nitrogens is 1. The van der Waals surface area contributed by atoms with Crippen molar-refractivity contribution >= 4 is 28.9 Å². The van der Waals surface area contributed by atoms with Gasteiger partial charge in [-0.2, -0.15) is 0 Å². The second kappa shape index (κ2) is 5.95. The van der Waals surface area contributed by atoms with E-state index in [4.69, 9.17) is 0 Å². The summed E-state index contributed by atoms with van der Waals surface area (Å²) in [7, 11) is 4.11. The van der Waals surface area contributed by atoms with Gasteiger partial charge in [0, 0.05) is 44.8 Å². The van der Waals surface area contributed by atoms with E-state index in [9.17, 15) is 0 Å². The summed E-state index contributed by atoms with van der Waals surface area (Å²) in [5.74, 6) is 0. The fraction of sp³-hybridized carbons (Fsp3) is 0.769. The van der Waals surface area contributed by atoms with Gasteiger partial charge in [0.15, 0.2) is 5.13 Å². The fourth-order valence-electron chi connectivity index (χ4n) is 3.10. The molecule has 6 heteroatoms. The number of hydrogen-bond donors (Lipinski definition) is 1.